The molecule has 0 aliphatic carbocycles. The quantitative estimate of drug-likeness (QED) is 0.557. The van der Waals surface area contributed by atoms with E-state index in [1.54, 1.807) is 24.0 Å². The molecule has 1 aliphatic rings. The second kappa shape index (κ2) is 8.29. The second-order valence-corrected chi connectivity index (χ2v) is 6.64. The van der Waals surface area contributed by atoms with Crippen LogP contribution in [0.3, 0.4) is 0 Å². The highest BCUT2D eigenvalue weighted by Crippen LogP contribution is 2.34. The van der Waals surface area contributed by atoms with Crippen molar-refractivity contribution in [3.8, 4) is 11.5 Å². The van der Waals surface area contributed by atoms with Gasteiger partial charge in [-0.25, -0.2) is 0 Å². The molecule has 0 unspecified atom stereocenters. The Labute approximate surface area is 164 Å². The summed E-state index contributed by atoms with van der Waals surface area (Å²) in [7, 11) is 0. The van der Waals surface area contributed by atoms with Crippen LogP contribution < -0.4 is 9.47 Å². The molecule has 0 saturated carbocycles. The van der Waals surface area contributed by atoms with Crippen molar-refractivity contribution >= 4 is 11.6 Å². The third kappa shape index (κ3) is 3.78. The smallest absolute Gasteiger partial charge is 0.285 e. The van der Waals surface area contributed by atoms with Gasteiger partial charge in [0.05, 0.1) is 18.1 Å². The summed E-state index contributed by atoms with van der Waals surface area (Å²) < 4.78 is 11.4. The number of hydrogen-bond acceptors (Lipinski definition) is 5. The van der Waals surface area contributed by atoms with Gasteiger partial charge in [0, 0.05) is 18.7 Å². The minimum Gasteiger partial charge on any atom is -0.490 e. The van der Waals surface area contributed by atoms with E-state index in [1.165, 1.54) is 6.07 Å². The molecule has 0 aromatic heterocycles. The number of amides is 1. The van der Waals surface area contributed by atoms with Crippen LogP contribution in [0.5, 0.6) is 11.5 Å². The third-order valence-electron chi connectivity index (χ3n) is 4.82. The molecule has 0 bridgehead atoms. The lowest BCUT2D eigenvalue weighted by Gasteiger charge is -2.30. The number of carbonyl (C=O) groups is 1. The van der Waals surface area contributed by atoms with Crippen LogP contribution in [0.4, 0.5) is 5.69 Å². The van der Waals surface area contributed by atoms with Crippen molar-refractivity contribution in [3.63, 3.8) is 0 Å². The zero-order valence-electron chi connectivity index (χ0n) is 16.4. The molecule has 0 atom stereocenters. The zero-order valence-corrected chi connectivity index (χ0v) is 16.4. The first-order chi connectivity index (χ1) is 13.5. The Kier molecular flexibility index (Phi) is 5.82. The summed E-state index contributed by atoms with van der Waals surface area (Å²) in [6, 6.07) is 8.72. The molecule has 0 spiro atoms. The minimum atomic E-state index is -0.484. The molecule has 0 N–H and O–H groups in total. The van der Waals surface area contributed by atoms with E-state index in [2.05, 4.69) is 0 Å². The number of nitro groups is 1. The van der Waals surface area contributed by atoms with E-state index in [9.17, 15) is 14.9 Å². The number of aryl methyl sites for hydroxylation is 1. The number of rotatable bonds is 6. The fourth-order valence-corrected chi connectivity index (χ4v) is 3.52. The molecule has 0 saturated heterocycles. The molecule has 7 heteroatoms. The third-order valence-corrected chi connectivity index (χ3v) is 4.82. The van der Waals surface area contributed by atoms with Gasteiger partial charge in [0.25, 0.3) is 11.6 Å². The molecule has 0 radical (unpaired) electrons. The number of carbonyl (C=O) groups excluding carboxylic acids is 1. The van der Waals surface area contributed by atoms with E-state index in [0.29, 0.717) is 49.8 Å². The summed E-state index contributed by atoms with van der Waals surface area (Å²) in [5.74, 6) is 1.03. The highest BCUT2D eigenvalue weighted by atomic mass is 16.6. The number of fused-ring (bicyclic) bond motifs is 1. The highest BCUT2D eigenvalue weighted by Gasteiger charge is 2.29. The van der Waals surface area contributed by atoms with Crippen LogP contribution in [0.25, 0.3) is 0 Å². The van der Waals surface area contributed by atoms with Crippen LogP contribution >= 0.6 is 0 Å². The van der Waals surface area contributed by atoms with Gasteiger partial charge >= 0.3 is 0 Å². The lowest BCUT2D eigenvalue weighted by Crippen LogP contribution is -2.36. The Morgan fingerprint density at radius 1 is 1.14 bits per heavy atom. The number of para-hydroxylation sites is 1. The molecular weight excluding hydrogens is 360 g/mol. The topological polar surface area (TPSA) is 81.9 Å². The van der Waals surface area contributed by atoms with Crippen LogP contribution in [-0.4, -0.2) is 35.5 Å². The van der Waals surface area contributed by atoms with Crippen molar-refractivity contribution in [3.05, 3.63) is 62.7 Å². The normalized spacial score (nSPS) is 13.0. The predicted molar refractivity (Wildman–Crippen MR) is 105 cm³/mol. The van der Waals surface area contributed by atoms with E-state index >= 15 is 0 Å². The van der Waals surface area contributed by atoms with Gasteiger partial charge < -0.3 is 14.4 Å². The van der Waals surface area contributed by atoms with Crippen LogP contribution in [-0.2, 0) is 13.0 Å². The number of ether oxygens (including phenoxy) is 2. The van der Waals surface area contributed by atoms with Gasteiger partial charge in [-0.2, -0.15) is 0 Å². The first kappa shape index (κ1) is 19.7. The molecule has 0 fully saturated rings. The number of hydrogen-bond donors (Lipinski definition) is 0. The van der Waals surface area contributed by atoms with E-state index in [1.807, 2.05) is 26.0 Å². The average Bonchev–Trinajstić information content (AvgIpc) is 2.67. The largest absolute Gasteiger partial charge is 0.490 e. The minimum absolute atomic E-state index is 0.125. The molecule has 7 nitrogen and oxygen atoms in total. The first-order valence-electron chi connectivity index (χ1n) is 9.40. The highest BCUT2D eigenvalue weighted by molar-refractivity contribution is 5.98. The van der Waals surface area contributed by atoms with Crippen molar-refractivity contribution in [2.24, 2.45) is 0 Å². The van der Waals surface area contributed by atoms with E-state index in [-0.39, 0.29) is 17.2 Å². The molecule has 3 rings (SSSR count). The summed E-state index contributed by atoms with van der Waals surface area (Å²) in [6.45, 7) is 7.40. The summed E-state index contributed by atoms with van der Waals surface area (Å²) in [4.78, 5) is 25.6. The van der Waals surface area contributed by atoms with E-state index < -0.39 is 4.92 Å². The second-order valence-electron chi connectivity index (χ2n) is 6.64. The monoisotopic (exact) mass is 384 g/mol. The van der Waals surface area contributed by atoms with Crippen molar-refractivity contribution in [1.82, 2.24) is 4.90 Å². The van der Waals surface area contributed by atoms with E-state index in [4.69, 9.17) is 9.47 Å². The fraction of sp³-hybridized carbons (Fsp3) is 0.381. The Hall–Kier alpha value is -3.09. The van der Waals surface area contributed by atoms with Crippen LogP contribution in [0.1, 0.15) is 40.9 Å². The predicted octanol–water partition coefficient (Wildman–Crippen LogP) is 3.90. The van der Waals surface area contributed by atoms with Crippen molar-refractivity contribution in [1.29, 1.82) is 0 Å². The summed E-state index contributed by atoms with van der Waals surface area (Å²) >= 11 is 0. The van der Waals surface area contributed by atoms with Crippen LogP contribution in [0.2, 0.25) is 0 Å². The molecule has 2 aromatic carbocycles. The maximum absolute atomic E-state index is 13.0. The Bertz CT molecular complexity index is 910. The van der Waals surface area contributed by atoms with Gasteiger partial charge in [-0.05, 0) is 56.5 Å². The molecule has 1 aliphatic heterocycles. The Morgan fingerprint density at radius 2 is 1.79 bits per heavy atom. The molecule has 2 aromatic rings. The molecular formula is C21H24N2O5. The average molecular weight is 384 g/mol. The van der Waals surface area contributed by atoms with E-state index in [0.717, 1.165) is 11.1 Å². The standard InChI is InChI=1S/C21H24N2O5/c1-4-27-18-11-15-9-10-22(13-16(15)12-19(18)28-5-2)21(24)17-8-6-7-14(3)20(17)23(25)26/h6-8,11-12H,4-5,9-10,13H2,1-3H3. The summed E-state index contributed by atoms with van der Waals surface area (Å²) in [5.41, 5.74) is 2.56. The summed E-state index contributed by atoms with van der Waals surface area (Å²) in [5, 5.41) is 11.4. The number of benzene rings is 2. The maximum atomic E-state index is 13.0. The Balaban J connectivity index is 1.91. The molecule has 1 amide bonds. The lowest BCUT2D eigenvalue weighted by molar-refractivity contribution is -0.385. The first-order valence-corrected chi connectivity index (χ1v) is 9.40. The molecule has 1 heterocycles. The van der Waals surface area contributed by atoms with Crippen molar-refractivity contribution in [2.45, 2.75) is 33.7 Å². The lowest BCUT2D eigenvalue weighted by atomic mass is 9.97. The van der Waals surface area contributed by atoms with Gasteiger partial charge in [-0.1, -0.05) is 12.1 Å². The van der Waals surface area contributed by atoms with Crippen LogP contribution in [0.15, 0.2) is 30.3 Å². The van der Waals surface area contributed by atoms with Gasteiger partial charge in [0.1, 0.15) is 5.56 Å². The van der Waals surface area contributed by atoms with Crippen LogP contribution in [0, 0.1) is 17.0 Å². The SMILES string of the molecule is CCOc1cc2c(cc1OCC)CN(C(=O)c1cccc(C)c1[N+](=O)[O-])CC2. The van der Waals surface area contributed by atoms with Gasteiger partial charge in [-0.15, -0.1) is 0 Å². The number of nitrogens with zero attached hydrogens (tertiary/aromatic N) is 2. The summed E-state index contributed by atoms with van der Waals surface area (Å²) in [6.07, 6.45) is 0.660. The van der Waals surface area contributed by atoms with Crippen molar-refractivity contribution in [2.75, 3.05) is 19.8 Å². The van der Waals surface area contributed by atoms with Crippen molar-refractivity contribution < 1.29 is 19.2 Å². The Morgan fingerprint density at radius 3 is 2.39 bits per heavy atom. The van der Waals surface area contributed by atoms with Gasteiger partial charge in [0.2, 0.25) is 0 Å². The fourth-order valence-electron chi connectivity index (χ4n) is 3.52. The number of nitro benzene ring substituents is 1. The van der Waals surface area contributed by atoms with Gasteiger partial charge in [0.15, 0.2) is 11.5 Å². The molecule has 148 valence electrons. The molecule has 28 heavy (non-hydrogen) atoms. The zero-order chi connectivity index (χ0) is 20.3. The maximum Gasteiger partial charge on any atom is 0.285 e. The van der Waals surface area contributed by atoms with Gasteiger partial charge in [-0.3, -0.25) is 14.9 Å².